The molecule has 0 amide bonds. The summed E-state index contributed by atoms with van der Waals surface area (Å²) in [6.07, 6.45) is 3.65. The Labute approximate surface area is 123 Å². The van der Waals surface area contributed by atoms with Crippen LogP contribution in [-0.4, -0.2) is 19.4 Å². The summed E-state index contributed by atoms with van der Waals surface area (Å²) in [5, 5.41) is 4.36. The van der Waals surface area contributed by atoms with Gasteiger partial charge in [0, 0.05) is 17.7 Å². The van der Waals surface area contributed by atoms with Crippen molar-refractivity contribution in [2.24, 2.45) is 0 Å². The Morgan fingerprint density at radius 3 is 2.48 bits per heavy atom. The second-order valence-electron chi connectivity index (χ2n) is 5.24. The lowest BCUT2D eigenvalue weighted by Crippen LogP contribution is -2.16. The molecule has 0 fully saturated rings. The number of para-hydroxylation sites is 1. The number of hydrogen-bond donors (Lipinski definition) is 2. The summed E-state index contributed by atoms with van der Waals surface area (Å²) in [6, 6.07) is 9.88. The summed E-state index contributed by atoms with van der Waals surface area (Å²) >= 11 is 0. The second-order valence-corrected chi connectivity index (χ2v) is 5.24. The lowest BCUT2D eigenvalue weighted by molar-refractivity contribution is 0.739. The van der Waals surface area contributed by atoms with Crippen molar-refractivity contribution in [3.8, 4) is 16.9 Å². The van der Waals surface area contributed by atoms with E-state index >= 15 is 0 Å². The average molecular weight is 282 g/mol. The third-order valence-corrected chi connectivity index (χ3v) is 3.37. The first-order valence-electron chi connectivity index (χ1n) is 6.81. The molecule has 0 bridgehead atoms. The van der Waals surface area contributed by atoms with Crippen LogP contribution in [0.15, 0.2) is 42.7 Å². The average Bonchev–Trinajstić information content (AvgIpc) is 3.07. The fraction of sp³-hybridized carbons (Fsp3) is 0.200. The van der Waals surface area contributed by atoms with Crippen molar-refractivity contribution in [2.75, 3.05) is 11.6 Å². The van der Waals surface area contributed by atoms with Crippen LogP contribution in [0.3, 0.4) is 0 Å². The first-order chi connectivity index (χ1) is 10.1. The van der Waals surface area contributed by atoms with Gasteiger partial charge in [0.25, 0.3) is 0 Å². The Hall–Kier alpha value is -2.76. The van der Waals surface area contributed by atoms with Crippen molar-refractivity contribution in [3.63, 3.8) is 0 Å². The first kappa shape index (κ1) is 13.2. The zero-order valence-electron chi connectivity index (χ0n) is 12.1. The van der Waals surface area contributed by atoms with Crippen LogP contribution >= 0.6 is 0 Å². The number of nitrogen functional groups attached to an aromatic ring is 2. The maximum atomic E-state index is 6.06. The number of imidazole rings is 1. The molecule has 108 valence electrons. The minimum absolute atomic E-state index is 0.204. The van der Waals surface area contributed by atoms with E-state index in [1.54, 1.807) is 10.9 Å². The van der Waals surface area contributed by atoms with Crippen molar-refractivity contribution < 1.29 is 0 Å². The van der Waals surface area contributed by atoms with E-state index in [1.807, 2.05) is 50.4 Å². The van der Waals surface area contributed by atoms with Crippen LogP contribution in [0, 0.1) is 0 Å². The fourth-order valence-electron chi connectivity index (χ4n) is 2.25. The summed E-state index contributed by atoms with van der Waals surface area (Å²) < 4.78 is 3.24. The minimum Gasteiger partial charge on any atom is -0.382 e. The van der Waals surface area contributed by atoms with Gasteiger partial charge in [0.1, 0.15) is 11.5 Å². The molecule has 6 heteroatoms. The second kappa shape index (κ2) is 4.97. The molecule has 3 aromatic rings. The zero-order chi connectivity index (χ0) is 15.0. The van der Waals surface area contributed by atoms with Crippen molar-refractivity contribution in [2.45, 2.75) is 19.8 Å². The highest BCUT2D eigenvalue weighted by Crippen LogP contribution is 2.27. The molecule has 0 radical (unpaired) electrons. The summed E-state index contributed by atoms with van der Waals surface area (Å²) in [6.45, 7) is 4.06. The van der Waals surface area contributed by atoms with Gasteiger partial charge in [0.2, 0.25) is 0 Å². The number of hydrogen-bond acceptors (Lipinski definition) is 4. The predicted molar refractivity (Wildman–Crippen MR) is 83.4 cm³/mol. The Morgan fingerprint density at radius 2 is 1.86 bits per heavy atom. The van der Waals surface area contributed by atoms with Crippen LogP contribution in [0.2, 0.25) is 0 Å². The van der Waals surface area contributed by atoms with Gasteiger partial charge in [-0.15, -0.1) is 0 Å². The third-order valence-electron chi connectivity index (χ3n) is 3.37. The minimum atomic E-state index is 0.204. The quantitative estimate of drug-likeness (QED) is 0.720. The molecule has 0 saturated carbocycles. The first-order valence-corrected chi connectivity index (χ1v) is 6.81. The molecule has 0 unspecified atom stereocenters. The van der Waals surface area contributed by atoms with E-state index in [2.05, 4.69) is 10.1 Å². The molecule has 21 heavy (non-hydrogen) atoms. The summed E-state index contributed by atoms with van der Waals surface area (Å²) in [7, 11) is 0. The van der Waals surface area contributed by atoms with Gasteiger partial charge in [-0.25, -0.2) is 14.3 Å². The SMILES string of the molecule is CC(C)c1nc(-c2cnn(-c3ccccc3)c2)c(N)n1N. The van der Waals surface area contributed by atoms with Gasteiger partial charge >= 0.3 is 0 Å². The summed E-state index contributed by atoms with van der Waals surface area (Å²) in [5.41, 5.74) is 8.56. The highest BCUT2D eigenvalue weighted by atomic mass is 15.4. The van der Waals surface area contributed by atoms with Crippen LogP contribution in [0.4, 0.5) is 5.82 Å². The number of aromatic nitrogens is 4. The maximum absolute atomic E-state index is 6.06. The van der Waals surface area contributed by atoms with E-state index in [9.17, 15) is 0 Å². The summed E-state index contributed by atoms with van der Waals surface area (Å²) in [4.78, 5) is 4.55. The predicted octanol–water partition coefficient (Wildman–Crippen LogP) is 2.16. The Bertz CT molecular complexity index is 754. The maximum Gasteiger partial charge on any atom is 0.150 e. The zero-order valence-corrected chi connectivity index (χ0v) is 12.1. The van der Waals surface area contributed by atoms with Crippen LogP contribution in [0.1, 0.15) is 25.6 Å². The van der Waals surface area contributed by atoms with Gasteiger partial charge in [-0.2, -0.15) is 5.10 Å². The number of anilines is 1. The van der Waals surface area contributed by atoms with Crippen LogP contribution in [-0.2, 0) is 0 Å². The Balaban J connectivity index is 2.03. The molecular formula is C15H18N6. The van der Waals surface area contributed by atoms with Gasteiger partial charge < -0.3 is 11.6 Å². The van der Waals surface area contributed by atoms with E-state index in [0.717, 1.165) is 17.1 Å². The van der Waals surface area contributed by atoms with E-state index in [0.29, 0.717) is 11.5 Å². The summed E-state index contributed by atoms with van der Waals surface area (Å²) in [5.74, 6) is 7.37. The molecule has 0 saturated heterocycles. The topological polar surface area (TPSA) is 87.7 Å². The Kier molecular flexibility index (Phi) is 3.13. The number of nitrogens with zero attached hydrogens (tertiary/aromatic N) is 4. The van der Waals surface area contributed by atoms with Crippen molar-refractivity contribution in [1.82, 2.24) is 19.4 Å². The molecule has 1 aromatic carbocycles. The lowest BCUT2D eigenvalue weighted by Gasteiger charge is -2.04. The van der Waals surface area contributed by atoms with E-state index < -0.39 is 0 Å². The Morgan fingerprint density at radius 1 is 1.14 bits per heavy atom. The standard InChI is InChI=1S/C15H18N6/c1-10(2)15-19-13(14(16)21(15)17)11-8-18-20(9-11)12-6-4-3-5-7-12/h3-10H,16-17H2,1-2H3. The van der Waals surface area contributed by atoms with Crippen molar-refractivity contribution in [3.05, 3.63) is 48.5 Å². The van der Waals surface area contributed by atoms with Gasteiger partial charge in [-0.1, -0.05) is 32.0 Å². The van der Waals surface area contributed by atoms with E-state index in [4.69, 9.17) is 11.6 Å². The molecule has 3 rings (SSSR count). The normalized spacial score (nSPS) is 11.2. The molecule has 2 aromatic heterocycles. The van der Waals surface area contributed by atoms with E-state index in [-0.39, 0.29) is 5.92 Å². The highest BCUT2D eigenvalue weighted by molar-refractivity contribution is 5.70. The highest BCUT2D eigenvalue weighted by Gasteiger charge is 2.18. The van der Waals surface area contributed by atoms with E-state index in [1.165, 1.54) is 4.68 Å². The fourth-order valence-corrected chi connectivity index (χ4v) is 2.25. The monoisotopic (exact) mass is 282 g/mol. The number of nitrogens with two attached hydrogens (primary N) is 2. The van der Waals surface area contributed by atoms with Crippen molar-refractivity contribution in [1.29, 1.82) is 0 Å². The molecular weight excluding hydrogens is 264 g/mol. The van der Waals surface area contributed by atoms with Crippen LogP contribution in [0.5, 0.6) is 0 Å². The number of rotatable bonds is 3. The molecule has 0 aliphatic carbocycles. The molecule has 0 atom stereocenters. The van der Waals surface area contributed by atoms with Crippen LogP contribution in [0.25, 0.3) is 16.9 Å². The lowest BCUT2D eigenvalue weighted by atomic mass is 10.2. The van der Waals surface area contributed by atoms with Crippen LogP contribution < -0.4 is 11.6 Å². The molecule has 0 aliphatic heterocycles. The third kappa shape index (κ3) is 2.24. The molecule has 0 aliphatic rings. The van der Waals surface area contributed by atoms with Gasteiger partial charge in [-0.3, -0.25) is 0 Å². The van der Waals surface area contributed by atoms with Gasteiger partial charge in [0.05, 0.1) is 11.9 Å². The van der Waals surface area contributed by atoms with Gasteiger partial charge in [-0.05, 0) is 12.1 Å². The molecule has 6 nitrogen and oxygen atoms in total. The van der Waals surface area contributed by atoms with Crippen molar-refractivity contribution >= 4 is 5.82 Å². The molecule has 2 heterocycles. The molecule has 0 spiro atoms. The number of benzene rings is 1. The smallest absolute Gasteiger partial charge is 0.150 e. The van der Waals surface area contributed by atoms with Gasteiger partial charge in [0.15, 0.2) is 5.82 Å². The largest absolute Gasteiger partial charge is 0.382 e. The molecule has 4 N–H and O–H groups in total.